The van der Waals surface area contributed by atoms with Crippen LogP contribution < -0.4 is 10.1 Å². The third-order valence-corrected chi connectivity index (χ3v) is 4.71. The van der Waals surface area contributed by atoms with Crippen molar-refractivity contribution in [2.45, 2.75) is 38.8 Å². The van der Waals surface area contributed by atoms with Gasteiger partial charge in [-0.1, -0.05) is 11.6 Å². The van der Waals surface area contributed by atoms with Crippen molar-refractivity contribution in [1.82, 2.24) is 10.3 Å². The highest BCUT2D eigenvalue weighted by Crippen LogP contribution is 2.24. The van der Waals surface area contributed by atoms with Crippen LogP contribution in [0, 0.1) is 5.92 Å². The predicted molar refractivity (Wildman–Crippen MR) is 112 cm³/mol. The van der Waals surface area contributed by atoms with Gasteiger partial charge in [-0.05, 0) is 57.2 Å². The van der Waals surface area contributed by atoms with E-state index in [2.05, 4.69) is 10.3 Å². The van der Waals surface area contributed by atoms with E-state index in [1.807, 2.05) is 57.2 Å². The first-order valence-electron chi connectivity index (χ1n) is 9.71. The number of amides is 1. The van der Waals surface area contributed by atoms with Gasteiger partial charge in [0.15, 0.2) is 0 Å². The van der Waals surface area contributed by atoms with Gasteiger partial charge in [0.2, 0.25) is 0 Å². The average molecular weight is 419 g/mol. The van der Waals surface area contributed by atoms with E-state index >= 15 is 0 Å². The summed E-state index contributed by atoms with van der Waals surface area (Å²) >= 11 is 5.89. The van der Waals surface area contributed by atoms with Gasteiger partial charge in [-0.15, -0.1) is 0 Å². The minimum absolute atomic E-state index is 0.0212. The molecule has 2 aromatic rings. The highest BCUT2D eigenvalue weighted by atomic mass is 35.5. The van der Waals surface area contributed by atoms with E-state index in [1.54, 1.807) is 6.20 Å². The molecular weight excluding hydrogens is 392 g/mol. The quantitative estimate of drug-likeness (QED) is 0.761. The van der Waals surface area contributed by atoms with Crippen LogP contribution in [-0.4, -0.2) is 42.5 Å². The standard InChI is InChI=1S/C22H27ClN2O4/c1-22(2,3)25-21(26)29-20-10-11-27-13-16(20)14-28-18-7-4-15(5-8-18)19-9-6-17(23)12-24-19/h4-9,12,16,20H,10-11,13-14H2,1-3H3,(H,25,26)/t16-,20+/m1/s1. The number of nitrogens with one attached hydrogen (secondary N) is 1. The second kappa shape index (κ2) is 9.46. The van der Waals surface area contributed by atoms with Crippen molar-refractivity contribution in [2.24, 2.45) is 5.92 Å². The largest absolute Gasteiger partial charge is 0.493 e. The Balaban J connectivity index is 1.55. The Morgan fingerprint density at radius 1 is 1.24 bits per heavy atom. The highest BCUT2D eigenvalue weighted by molar-refractivity contribution is 6.30. The molecule has 1 saturated heterocycles. The molecule has 2 atom stereocenters. The van der Waals surface area contributed by atoms with Gasteiger partial charge in [0.05, 0.1) is 36.5 Å². The molecule has 2 heterocycles. The van der Waals surface area contributed by atoms with Gasteiger partial charge in [0, 0.05) is 23.7 Å². The molecule has 0 spiro atoms. The summed E-state index contributed by atoms with van der Waals surface area (Å²) in [6.45, 7) is 7.24. The number of rotatable bonds is 5. The fourth-order valence-corrected chi connectivity index (χ4v) is 3.14. The van der Waals surface area contributed by atoms with Crippen molar-refractivity contribution in [2.75, 3.05) is 19.8 Å². The number of ether oxygens (including phenoxy) is 3. The molecule has 0 unspecified atom stereocenters. The second-order valence-corrected chi connectivity index (χ2v) is 8.58. The van der Waals surface area contributed by atoms with Crippen LogP contribution in [0.25, 0.3) is 11.3 Å². The van der Waals surface area contributed by atoms with E-state index in [1.165, 1.54) is 0 Å². The summed E-state index contributed by atoms with van der Waals surface area (Å²) < 4.78 is 17.1. The number of carbonyl (C=O) groups excluding carboxylic acids is 1. The molecule has 1 aliphatic rings. The van der Waals surface area contributed by atoms with Crippen LogP contribution in [0.5, 0.6) is 5.75 Å². The van der Waals surface area contributed by atoms with E-state index in [9.17, 15) is 4.79 Å². The summed E-state index contributed by atoms with van der Waals surface area (Å²) in [5.41, 5.74) is 1.49. The number of hydrogen-bond donors (Lipinski definition) is 1. The van der Waals surface area contributed by atoms with Crippen molar-refractivity contribution in [3.63, 3.8) is 0 Å². The lowest BCUT2D eigenvalue weighted by molar-refractivity contribution is -0.0569. The summed E-state index contributed by atoms with van der Waals surface area (Å²) in [6, 6.07) is 11.4. The molecule has 0 radical (unpaired) electrons. The van der Waals surface area contributed by atoms with Crippen LogP contribution in [0.3, 0.4) is 0 Å². The fraction of sp³-hybridized carbons (Fsp3) is 0.455. The van der Waals surface area contributed by atoms with Crippen molar-refractivity contribution >= 4 is 17.7 Å². The van der Waals surface area contributed by atoms with Crippen LogP contribution in [0.2, 0.25) is 5.02 Å². The zero-order valence-electron chi connectivity index (χ0n) is 17.0. The normalized spacial score (nSPS) is 19.4. The molecular formula is C22H27ClN2O4. The van der Waals surface area contributed by atoms with Crippen molar-refractivity contribution in [3.05, 3.63) is 47.6 Å². The fourth-order valence-electron chi connectivity index (χ4n) is 3.03. The first kappa shape index (κ1) is 21.4. The summed E-state index contributed by atoms with van der Waals surface area (Å²) in [7, 11) is 0. The van der Waals surface area contributed by atoms with Gasteiger partial charge in [0.1, 0.15) is 11.9 Å². The molecule has 1 aromatic carbocycles. The summed E-state index contributed by atoms with van der Waals surface area (Å²) in [5.74, 6) is 0.721. The molecule has 0 bridgehead atoms. The second-order valence-electron chi connectivity index (χ2n) is 8.14. The Labute approximate surface area is 176 Å². The molecule has 0 saturated carbocycles. The molecule has 156 valence electrons. The number of alkyl carbamates (subject to hydrolysis) is 1. The molecule has 1 aliphatic heterocycles. The van der Waals surface area contributed by atoms with E-state index in [4.69, 9.17) is 25.8 Å². The zero-order valence-corrected chi connectivity index (χ0v) is 17.7. The van der Waals surface area contributed by atoms with Crippen LogP contribution >= 0.6 is 11.6 Å². The van der Waals surface area contributed by atoms with E-state index in [0.29, 0.717) is 31.3 Å². The third-order valence-electron chi connectivity index (χ3n) is 4.48. The molecule has 0 aliphatic carbocycles. The number of halogens is 1. The Bertz CT molecular complexity index is 803. The number of aromatic nitrogens is 1. The summed E-state index contributed by atoms with van der Waals surface area (Å²) in [5, 5.41) is 3.44. The van der Waals surface area contributed by atoms with Crippen molar-refractivity contribution in [1.29, 1.82) is 0 Å². The predicted octanol–water partition coefficient (Wildman–Crippen LogP) is 4.71. The molecule has 29 heavy (non-hydrogen) atoms. The van der Waals surface area contributed by atoms with Gasteiger partial charge in [-0.3, -0.25) is 4.98 Å². The molecule has 7 heteroatoms. The first-order chi connectivity index (χ1) is 13.8. The molecule has 3 rings (SSSR count). The molecule has 1 aromatic heterocycles. The lowest BCUT2D eigenvalue weighted by Gasteiger charge is -2.32. The maximum Gasteiger partial charge on any atom is 0.407 e. The number of carbonyl (C=O) groups is 1. The first-order valence-corrected chi connectivity index (χ1v) is 10.1. The topological polar surface area (TPSA) is 69.7 Å². The lowest BCUT2D eigenvalue weighted by atomic mass is 9.99. The Hall–Kier alpha value is -2.31. The smallest absolute Gasteiger partial charge is 0.407 e. The monoisotopic (exact) mass is 418 g/mol. The Morgan fingerprint density at radius 2 is 2.00 bits per heavy atom. The SMILES string of the molecule is CC(C)(C)NC(=O)O[C@H]1CCOC[C@@H]1COc1ccc(-c2ccc(Cl)cn2)cc1. The zero-order chi connectivity index (χ0) is 20.9. The minimum Gasteiger partial charge on any atom is -0.493 e. The van der Waals surface area contributed by atoms with Crippen molar-refractivity contribution < 1.29 is 19.0 Å². The minimum atomic E-state index is -0.408. The number of benzene rings is 1. The molecule has 1 fully saturated rings. The average Bonchev–Trinajstić information content (AvgIpc) is 2.67. The third kappa shape index (κ3) is 6.61. The Kier molecular flexibility index (Phi) is 6.98. The maximum absolute atomic E-state index is 12.1. The van der Waals surface area contributed by atoms with Crippen LogP contribution in [-0.2, 0) is 9.47 Å². The Morgan fingerprint density at radius 3 is 2.66 bits per heavy atom. The summed E-state index contributed by atoms with van der Waals surface area (Å²) in [6.07, 6.45) is 1.64. The van der Waals surface area contributed by atoms with Gasteiger partial charge >= 0.3 is 6.09 Å². The van der Waals surface area contributed by atoms with Crippen molar-refractivity contribution in [3.8, 4) is 17.0 Å². The summed E-state index contributed by atoms with van der Waals surface area (Å²) in [4.78, 5) is 16.4. The maximum atomic E-state index is 12.1. The van der Waals surface area contributed by atoms with E-state index in [-0.39, 0.29) is 17.6 Å². The van der Waals surface area contributed by atoms with Gasteiger partial charge in [0.25, 0.3) is 0 Å². The van der Waals surface area contributed by atoms with Gasteiger partial charge in [-0.2, -0.15) is 0 Å². The molecule has 1 amide bonds. The van der Waals surface area contributed by atoms with Gasteiger partial charge in [-0.25, -0.2) is 4.79 Å². The lowest BCUT2D eigenvalue weighted by Crippen LogP contribution is -2.46. The molecule has 1 N–H and O–H groups in total. The number of nitrogens with zero attached hydrogens (tertiary/aromatic N) is 1. The van der Waals surface area contributed by atoms with E-state index in [0.717, 1.165) is 17.0 Å². The van der Waals surface area contributed by atoms with E-state index < -0.39 is 6.09 Å². The number of hydrogen-bond acceptors (Lipinski definition) is 5. The van der Waals surface area contributed by atoms with Crippen LogP contribution in [0.4, 0.5) is 4.79 Å². The number of pyridine rings is 1. The van der Waals surface area contributed by atoms with Gasteiger partial charge < -0.3 is 19.5 Å². The van der Waals surface area contributed by atoms with Crippen LogP contribution in [0.1, 0.15) is 27.2 Å². The highest BCUT2D eigenvalue weighted by Gasteiger charge is 2.30. The molecule has 6 nitrogen and oxygen atoms in total. The van der Waals surface area contributed by atoms with Crippen LogP contribution in [0.15, 0.2) is 42.6 Å².